The minimum Gasteiger partial charge on any atom is -0.756 e. The molecule has 5 aliphatic rings. The number of nitrogen functional groups attached to an aromatic ring is 1. The second-order valence-electron chi connectivity index (χ2n) is 25.6. The molecule has 1 aromatic rings. The highest BCUT2D eigenvalue weighted by atomic mass is 31.2. The molecule has 6 heterocycles. The van der Waals surface area contributed by atoms with Crippen LogP contribution in [-0.2, 0) is 103 Å². The summed E-state index contributed by atoms with van der Waals surface area (Å²) in [5.41, 5.74) is 10.0. The van der Waals surface area contributed by atoms with Crippen molar-refractivity contribution in [3.63, 3.8) is 0 Å². The molecule has 12 unspecified atom stereocenters. The lowest BCUT2D eigenvalue weighted by Gasteiger charge is -2.50. The van der Waals surface area contributed by atoms with Gasteiger partial charge in [0.2, 0.25) is 29.3 Å². The minimum atomic E-state index is -5.95. The van der Waals surface area contributed by atoms with Crippen LogP contribution in [0, 0.1) is 0 Å². The number of amidine groups is 1. The zero-order chi connectivity index (χ0) is 87.3. The second-order valence-corrected chi connectivity index (χ2v) is 28.3. The Morgan fingerprint density at radius 3 is 1.58 bits per heavy atom. The van der Waals surface area contributed by atoms with Gasteiger partial charge in [-0.2, -0.15) is 4.98 Å². The molecule has 23 atom stereocenters. The average Bonchev–Trinajstić information content (AvgIpc) is 1.59. The van der Waals surface area contributed by atoms with E-state index in [0.717, 1.165) is 10.8 Å². The van der Waals surface area contributed by atoms with Crippen LogP contribution in [0.15, 0.2) is 46.7 Å². The van der Waals surface area contributed by atoms with E-state index in [2.05, 4.69) is 57.5 Å². The first-order valence-corrected chi connectivity index (χ1v) is 38.0. The molecule has 0 saturated carbocycles. The van der Waals surface area contributed by atoms with Crippen molar-refractivity contribution in [2.75, 3.05) is 126 Å². The first-order valence-electron chi connectivity index (χ1n) is 35.1. The fourth-order valence-electron chi connectivity index (χ4n) is 11.2. The Hall–Kier alpha value is -7.99. The normalized spacial score (nSPS) is 28.6. The highest BCUT2D eigenvalue weighted by molar-refractivity contribution is 7.46. The standard InChI is InChI=1S/C35H58N7O22P.C26H42N5O20P/c1-18-39-23(36)7-9-42(18)31-28(49)27(48)22(62-31)17-61-65(55,56)64-35(32(51)52)14-20(44)25(29(63-35)26(47)21(45)16-43)41-24(46)15-38-30(50)19(40-34(54)60-13-11-58-3)6-4-5-8-37-33(53)59-12-10-57-2;1-45-4-5-46-6-7-47-25(42)28-9-16(35)30-17-12(33)8-26(23(39)40,50-21(17)18(36)13(34)10-32)51-52(43,44)48-11-14-19(37)20(38)22(49-14)31-3-2-15(27)29-24(31)41/h7,9,19-22,25-29,31,43-45,47-49H,1,4-6,8,10-17H2,2-3H3,(H2,36,39)(H,37,53)(H,38,50)(H,40,54)(H,41,46)(H,51,52)(H,55,56);2-3,12-14,17-22,32-34,36-38H,4-11H2,1H3,(H,28,42)(H,30,35)(H,39,40)(H,43,44)(H2,27,29,41)/p-4/t19-,20?,21+,22?,25?,26+,27+,28+,29?,31+,35?;12?,13-,14?,17?,18-,19-,20-,21?,22-,26?/m01/s1. The molecule has 0 radical (unpaired) electrons. The Balaban J connectivity index is 0.000000427. The van der Waals surface area contributed by atoms with Gasteiger partial charge in [0.25, 0.3) is 15.6 Å². The first-order chi connectivity index (χ1) is 55.1. The topological polar surface area (TPSA) is 819 Å². The summed E-state index contributed by atoms with van der Waals surface area (Å²) in [6.45, 7) is -2.15. The van der Waals surface area contributed by atoms with E-state index in [1.807, 2.05) is 0 Å². The fraction of sp³-hybridized carbons (Fsp3) is 0.721. The van der Waals surface area contributed by atoms with Gasteiger partial charge in [0.05, 0.1) is 90.3 Å². The van der Waals surface area contributed by atoms with E-state index in [0.29, 0.717) is 13.0 Å². The highest BCUT2D eigenvalue weighted by Crippen LogP contribution is 2.50. The maximum absolute atomic E-state index is 13.2. The van der Waals surface area contributed by atoms with E-state index in [9.17, 15) is 134 Å². The number of phosphoric ester groups is 2. The van der Waals surface area contributed by atoms with Crippen molar-refractivity contribution in [2.24, 2.45) is 10.7 Å². The number of ether oxygens (including phenoxy) is 11. The van der Waals surface area contributed by atoms with Crippen molar-refractivity contribution < 1.29 is 199 Å². The van der Waals surface area contributed by atoms with E-state index in [1.54, 1.807) is 0 Å². The van der Waals surface area contributed by atoms with Crippen molar-refractivity contribution in [3.8, 4) is 0 Å². The number of aliphatic hydroxyl groups is 12. The number of unbranched alkanes of at least 4 members (excludes halogenated alkanes) is 1. The zero-order valence-electron chi connectivity index (χ0n) is 62.6. The number of hydrogen-bond acceptors (Lipinski definition) is 47. The summed E-state index contributed by atoms with van der Waals surface area (Å²) in [5, 5.41) is 163. The number of nitrogens with one attached hydrogen (secondary N) is 6. The molecule has 6 rings (SSSR count). The number of hydrogen-bond donors (Lipinski definition) is 20. The maximum Gasteiger partial charge on any atom is 0.407 e. The van der Waals surface area contributed by atoms with Gasteiger partial charge in [0, 0.05) is 53.1 Å². The Bertz CT molecular complexity index is 3670. The maximum atomic E-state index is 13.2. The van der Waals surface area contributed by atoms with Gasteiger partial charge in [-0.3, -0.25) is 37.1 Å². The van der Waals surface area contributed by atoms with Crippen molar-refractivity contribution in [2.45, 2.75) is 160 Å². The summed E-state index contributed by atoms with van der Waals surface area (Å²) in [5.74, 6) is -15.2. The van der Waals surface area contributed by atoms with Gasteiger partial charge >= 0.3 is 24.0 Å². The van der Waals surface area contributed by atoms with Crippen molar-refractivity contribution in [3.05, 3.63) is 47.4 Å². The van der Waals surface area contributed by atoms with E-state index >= 15 is 0 Å². The third-order valence-electron chi connectivity index (χ3n) is 17.2. The average molecular weight is 1730 g/mol. The molecule has 0 spiro atoms. The van der Waals surface area contributed by atoms with Crippen LogP contribution < -0.4 is 69.1 Å². The number of aliphatic hydroxyl groups excluding tert-OH is 12. The van der Waals surface area contributed by atoms with Crippen molar-refractivity contribution in [1.82, 2.24) is 46.4 Å². The lowest BCUT2D eigenvalue weighted by atomic mass is 9.88. The summed E-state index contributed by atoms with van der Waals surface area (Å²) in [7, 11) is -7.62. The summed E-state index contributed by atoms with van der Waals surface area (Å²) in [6.07, 6.45) is -32.7. The smallest absolute Gasteiger partial charge is 0.407 e. The monoisotopic (exact) mass is 1730 g/mol. The predicted molar refractivity (Wildman–Crippen MR) is 369 cm³/mol. The van der Waals surface area contributed by atoms with Crippen LogP contribution in [0.3, 0.4) is 0 Å². The molecule has 0 bridgehead atoms. The molecule has 6 amide bonds. The van der Waals surface area contributed by atoms with Crippen LogP contribution in [0.2, 0.25) is 0 Å². The van der Waals surface area contributed by atoms with E-state index in [4.69, 9.17) is 72.6 Å². The highest BCUT2D eigenvalue weighted by Gasteiger charge is 2.57. The number of aliphatic imine (C=N–C) groups is 1. The molecular weight excluding hydrogens is 1630 g/mol. The third kappa shape index (κ3) is 29.7. The number of phosphoric acid groups is 2. The quantitative estimate of drug-likeness (QED) is 0.0164. The largest absolute Gasteiger partial charge is 0.756 e. The van der Waals surface area contributed by atoms with Gasteiger partial charge in [0.1, 0.15) is 135 Å². The molecule has 5 aliphatic heterocycles. The molecule has 4 fully saturated rings. The van der Waals surface area contributed by atoms with E-state index < -0.39 is 249 Å². The summed E-state index contributed by atoms with van der Waals surface area (Å²) in [4.78, 5) is 146. The van der Waals surface area contributed by atoms with Gasteiger partial charge in [0.15, 0.2) is 12.5 Å². The Morgan fingerprint density at radius 1 is 0.650 bits per heavy atom. The zero-order valence-corrected chi connectivity index (χ0v) is 64.4. The first kappa shape index (κ1) is 99.6. The molecule has 1 aromatic heterocycles. The summed E-state index contributed by atoms with van der Waals surface area (Å²) in [6, 6.07) is -3.91. The number of methoxy groups -OCH3 is 3. The van der Waals surface area contributed by atoms with Crippen LogP contribution in [0.1, 0.15) is 38.3 Å². The van der Waals surface area contributed by atoms with Crippen LogP contribution in [-0.4, -0.2) is 371 Å². The minimum absolute atomic E-state index is 0.00965. The predicted octanol–water partition coefficient (Wildman–Crippen LogP) is -15.1. The van der Waals surface area contributed by atoms with Gasteiger partial charge in [-0.15, -0.1) is 0 Å². The number of amides is 6. The number of carboxylic acids is 2. The molecule has 4 saturated heterocycles. The molecule has 0 aliphatic carbocycles. The lowest BCUT2D eigenvalue weighted by Crippen LogP contribution is -2.70. The Kier molecular flexibility index (Phi) is 40.1. The van der Waals surface area contributed by atoms with Crippen LogP contribution >= 0.6 is 15.6 Å². The number of rotatable bonds is 45. The molecule has 117 heavy (non-hydrogen) atoms. The molecule has 22 N–H and O–H groups in total. The van der Waals surface area contributed by atoms with Crippen molar-refractivity contribution in [1.29, 1.82) is 0 Å². The number of carboxylic acid groups (broad SMARTS) is 2. The van der Waals surface area contributed by atoms with Gasteiger partial charge in [-0.1, -0.05) is 6.58 Å². The number of aliphatic carboxylic acids is 2. The van der Waals surface area contributed by atoms with E-state index in [1.165, 1.54) is 44.6 Å². The summed E-state index contributed by atoms with van der Waals surface area (Å²) < 4.78 is 101. The summed E-state index contributed by atoms with van der Waals surface area (Å²) >= 11 is 0. The Morgan fingerprint density at radius 2 is 1.10 bits per heavy atom. The van der Waals surface area contributed by atoms with Crippen LogP contribution in [0.4, 0.5) is 20.2 Å². The van der Waals surface area contributed by atoms with Crippen LogP contribution in [0.25, 0.3) is 0 Å². The van der Waals surface area contributed by atoms with E-state index in [-0.39, 0.29) is 83.1 Å². The van der Waals surface area contributed by atoms with Gasteiger partial charge < -0.3 is 200 Å². The lowest BCUT2D eigenvalue weighted by molar-refractivity contribution is -0.377. The molecule has 54 nitrogen and oxygen atoms in total. The molecular formula is C61H96N12O42P2-4. The fourth-order valence-corrected chi connectivity index (χ4v) is 13.1. The third-order valence-corrected chi connectivity index (χ3v) is 19.1. The molecule has 666 valence electrons. The number of nitrogens with zero attached hydrogens (tertiary/aromatic N) is 4. The number of nitrogens with two attached hydrogens (primary N) is 2. The number of carbonyl (C=O) groups excluding carboxylic acids is 8. The number of alkyl carbamates (subject to hydrolysis) is 3. The molecule has 0 aromatic carbocycles. The Labute approximate surface area is 662 Å². The van der Waals surface area contributed by atoms with Crippen LogP contribution in [0.5, 0.6) is 0 Å². The van der Waals surface area contributed by atoms with Gasteiger partial charge in [-0.05, 0) is 31.4 Å². The number of carbonyl (C=O) groups is 8. The molecule has 56 heteroatoms. The number of anilines is 1. The SMILES string of the molecule is C=C1N=C(N)C=CN1[C@@H]1OC(COP(=O)([O-])OC2(C(=O)[O-])CC(O)C(NC(=O)CNC(=O)[C@H](CCCCNC(=O)OCCOC)NC(=O)OCCOC)C([C@H](O)[C@H](O)CO)O2)[C@@H](O)[C@H]1O.COCCOCCOC(=O)NCC(=O)NC1C(O)CC(OP(=O)([O-])OCC2O[C@@H](n3ccc(N)nc3=O)[C@H](O)[C@@H]2O)(C(=O)[O-])OC1[C@H](O)[C@H](O)CO. The van der Waals surface area contributed by atoms with Gasteiger partial charge in [-0.25, -0.2) is 24.2 Å². The second kappa shape index (κ2) is 47.1. The van der Waals surface area contributed by atoms with Crippen molar-refractivity contribution >= 4 is 75.2 Å². The number of aromatic nitrogens is 2.